The van der Waals surface area contributed by atoms with Crippen LogP contribution in [0.4, 0.5) is 0 Å². The number of rotatable bonds is 6. The number of carbonyl (C=O) groups excluding carboxylic acids is 1. The van der Waals surface area contributed by atoms with Gasteiger partial charge in [-0.05, 0) is 69.0 Å². The van der Waals surface area contributed by atoms with Crippen molar-refractivity contribution in [3.8, 4) is 0 Å². The Balaban J connectivity index is 0.00000306. The molecule has 0 radical (unpaired) electrons. The number of nitrogens with zero attached hydrogens (tertiary/aromatic N) is 4. The molecule has 0 spiro atoms. The molecule has 0 saturated carbocycles. The molecule has 1 atom stereocenters. The van der Waals surface area contributed by atoms with Crippen LogP contribution in [0.1, 0.15) is 44.1 Å². The summed E-state index contributed by atoms with van der Waals surface area (Å²) in [5.74, 6) is 2.49. The number of halogens is 1. The smallest absolute Gasteiger partial charge is 0.241 e. The van der Waals surface area contributed by atoms with Gasteiger partial charge in [-0.25, -0.2) is 0 Å². The molecule has 1 unspecified atom stereocenters. The largest absolute Gasteiger partial charge is 0.347 e. The number of likely N-dealkylation sites (tertiary alicyclic amines) is 3. The van der Waals surface area contributed by atoms with E-state index in [9.17, 15) is 4.79 Å². The molecule has 3 aliphatic rings. The van der Waals surface area contributed by atoms with Crippen molar-refractivity contribution >= 4 is 35.8 Å². The maximum absolute atomic E-state index is 12.8. The predicted octanol–water partition coefficient (Wildman–Crippen LogP) is 3.47. The van der Waals surface area contributed by atoms with Crippen LogP contribution in [0.5, 0.6) is 0 Å². The van der Waals surface area contributed by atoms with Gasteiger partial charge in [0.15, 0.2) is 5.96 Å². The van der Waals surface area contributed by atoms with Crippen molar-refractivity contribution in [2.24, 2.45) is 16.8 Å². The number of hydrogen-bond acceptors (Lipinski definition) is 3. The van der Waals surface area contributed by atoms with Crippen molar-refractivity contribution in [3.05, 3.63) is 35.9 Å². The summed E-state index contributed by atoms with van der Waals surface area (Å²) in [6.45, 7) is 7.93. The molecule has 0 aliphatic carbocycles. The van der Waals surface area contributed by atoms with E-state index in [0.29, 0.717) is 18.4 Å². The highest BCUT2D eigenvalue weighted by Crippen LogP contribution is 2.22. The van der Waals surface area contributed by atoms with Crippen LogP contribution in [-0.4, -0.2) is 86.0 Å². The molecule has 1 amide bonds. The van der Waals surface area contributed by atoms with Gasteiger partial charge in [-0.15, -0.1) is 24.0 Å². The minimum atomic E-state index is 0. The van der Waals surface area contributed by atoms with Gasteiger partial charge in [0.25, 0.3) is 0 Å². The van der Waals surface area contributed by atoms with Gasteiger partial charge in [-0.3, -0.25) is 9.79 Å². The molecule has 184 valence electrons. The summed E-state index contributed by atoms with van der Waals surface area (Å²) in [5.41, 5.74) is 1.41. The summed E-state index contributed by atoms with van der Waals surface area (Å²) < 4.78 is 0. The first-order chi connectivity index (χ1) is 15.7. The van der Waals surface area contributed by atoms with E-state index in [1.54, 1.807) is 0 Å². The molecule has 33 heavy (non-hydrogen) atoms. The quantitative estimate of drug-likeness (QED) is 0.325. The number of piperidine rings is 2. The number of hydrogen-bond donors (Lipinski definition) is 1. The molecule has 0 bridgehead atoms. The third-order valence-electron chi connectivity index (χ3n) is 7.49. The van der Waals surface area contributed by atoms with E-state index in [2.05, 4.69) is 50.4 Å². The van der Waals surface area contributed by atoms with E-state index in [4.69, 9.17) is 0 Å². The number of amides is 1. The van der Waals surface area contributed by atoms with E-state index in [-0.39, 0.29) is 29.9 Å². The zero-order valence-corrected chi connectivity index (χ0v) is 22.6. The van der Waals surface area contributed by atoms with Crippen molar-refractivity contribution in [1.82, 2.24) is 20.0 Å². The second-order valence-electron chi connectivity index (χ2n) is 9.88. The van der Waals surface area contributed by atoms with Gasteiger partial charge in [-0.2, -0.15) is 0 Å². The summed E-state index contributed by atoms with van der Waals surface area (Å²) in [6.07, 6.45) is 8.64. The van der Waals surface area contributed by atoms with E-state index in [0.717, 1.165) is 51.4 Å². The lowest BCUT2D eigenvalue weighted by Gasteiger charge is -2.32. The molecule has 3 heterocycles. The predicted molar refractivity (Wildman–Crippen MR) is 146 cm³/mol. The topological polar surface area (TPSA) is 51.2 Å². The lowest BCUT2D eigenvalue weighted by atomic mass is 9.90. The summed E-state index contributed by atoms with van der Waals surface area (Å²) >= 11 is 0. The van der Waals surface area contributed by atoms with Crippen LogP contribution in [0.15, 0.2) is 35.3 Å². The first kappa shape index (κ1) is 26.3. The lowest BCUT2D eigenvalue weighted by Crippen LogP contribution is -2.48. The van der Waals surface area contributed by atoms with Gasteiger partial charge in [0.2, 0.25) is 5.91 Å². The molecule has 4 rings (SSSR count). The van der Waals surface area contributed by atoms with Gasteiger partial charge >= 0.3 is 0 Å². The van der Waals surface area contributed by atoms with E-state index in [1.807, 2.05) is 11.9 Å². The van der Waals surface area contributed by atoms with Crippen molar-refractivity contribution in [3.63, 3.8) is 0 Å². The second-order valence-corrected chi connectivity index (χ2v) is 9.88. The fourth-order valence-corrected chi connectivity index (χ4v) is 5.61. The van der Waals surface area contributed by atoms with Crippen LogP contribution < -0.4 is 5.32 Å². The fraction of sp³-hybridized carbons (Fsp3) is 0.692. The Morgan fingerprint density at radius 2 is 1.61 bits per heavy atom. The minimum absolute atomic E-state index is 0. The summed E-state index contributed by atoms with van der Waals surface area (Å²) in [5, 5.41) is 3.35. The Hall–Kier alpha value is -1.35. The SMILES string of the molecule is CN=C(NCC(=O)N1CCC(Cc2ccccc2)CC1)N1CCC(CN2CCCCC2)C1.I. The average Bonchev–Trinajstić information content (AvgIpc) is 3.29. The Morgan fingerprint density at radius 1 is 0.939 bits per heavy atom. The zero-order chi connectivity index (χ0) is 22.2. The molecule has 3 saturated heterocycles. The summed E-state index contributed by atoms with van der Waals surface area (Å²) in [6, 6.07) is 10.7. The lowest BCUT2D eigenvalue weighted by molar-refractivity contribution is -0.131. The normalized spacial score (nSPS) is 22.8. The van der Waals surface area contributed by atoms with Gasteiger partial charge < -0.3 is 20.0 Å². The molecule has 7 heteroatoms. The Bertz CT molecular complexity index is 744. The number of nitrogens with one attached hydrogen (secondary N) is 1. The molecule has 0 aromatic heterocycles. The number of carbonyl (C=O) groups is 1. The monoisotopic (exact) mass is 567 g/mol. The highest BCUT2D eigenvalue weighted by molar-refractivity contribution is 14.0. The zero-order valence-electron chi connectivity index (χ0n) is 20.3. The molecular weight excluding hydrogens is 525 g/mol. The number of aliphatic imine (C=N–C) groups is 1. The van der Waals surface area contributed by atoms with E-state index in [1.165, 1.54) is 50.9 Å². The maximum Gasteiger partial charge on any atom is 0.241 e. The van der Waals surface area contributed by atoms with E-state index < -0.39 is 0 Å². The van der Waals surface area contributed by atoms with Gasteiger partial charge in [0, 0.05) is 39.8 Å². The minimum Gasteiger partial charge on any atom is -0.347 e. The number of guanidine groups is 1. The highest BCUT2D eigenvalue weighted by Gasteiger charge is 2.28. The van der Waals surface area contributed by atoms with Crippen LogP contribution >= 0.6 is 24.0 Å². The van der Waals surface area contributed by atoms with Crippen LogP contribution in [0.3, 0.4) is 0 Å². The first-order valence-electron chi connectivity index (χ1n) is 12.7. The highest BCUT2D eigenvalue weighted by atomic mass is 127. The van der Waals surface area contributed by atoms with Crippen molar-refractivity contribution in [2.75, 3.05) is 59.4 Å². The fourth-order valence-electron chi connectivity index (χ4n) is 5.61. The second kappa shape index (κ2) is 13.5. The average molecular weight is 568 g/mol. The number of benzene rings is 1. The molecule has 3 fully saturated rings. The van der Waals surface area contributed by atoms with Crippen molar-refractivity contribution in [1.29, 1.82) is 0 Å². The van der Waals surface area contributed by atoms with Crippen LogP contribution in [-0.2, 0) is 11.2 Å². The standard InChI is InChI=1S/C26H41N5O.HI/c1-27-26(31-17-12-24(21-31)20-29-13-6-3-7-14-29)28-19-25(32)30-15-10-23(11-16-30)18-22-8-4-2-5-9-22;/h2,4-5,8-9,23-24H,3,6-7,10-21H2,1H3,(H,27,28);1H. The van der Waals surface area contributed by atoms with Crippen LogP contribution in [0.2, 0.25) is 0 Å². The molecule has 1 N–H and O–H groups in total. The van der Waals surface area contributed by atoms with Crippen LogP contribution in [0.25, 0.3) is 0 Å². The van der Waals surface area contributed by atoms with Gasteiger partial charge in [0.1, 0.15) is 0 Å². The van der Waals surface area contributed by atoms with Crippen molar-refractivity contribution in [2.45, 2.75) is 44.9 Å². The van der Waals surface area contributed by atoms with Crippen molar-refractivity contribution < 1.29 is 4.79 Å². The Kier molecular flexibility index (Phi) is 10.8. The van der Waals surface area contributed by atoms with Crippen LogP contribution in [0, 0.1) is 11.8 Å². The van der Waals surface area contributed by atoms with Gasteiger partial charge in [-0.1, -0.05) is 36.8 Å². The first-order valence-corrected chi connectivity index (χ1v) is 12.7. The Labute approximate surface area is 217 Å². The van der Waals surface area contributed by atoms with Gasteiger partial charge in [0.05, 0.1) is 6.54 Å². The summed E-state index contributed by atoms with van der Waals surface area (Å²) in [4.78, 5) is 24.3. The third-order valence-corrected chi connectivity index (χ3v) is 7.49. The maximum atomic E-state index is 12.8. The molecular formula is C26H42IN5O. The molecule has 6 nitrogen and oxygen atoms in total. The molecule has 3 aliphatic heterocycles. The third kappa shape index (κ3) is 7.84. The summed E-state index contributed by atoms with van der Waals surface area (Å²) in [7, 11) is 1.83. The molecule has 1 aromatic rings. The molecule has 1 aromatic carbocycles. The van der Waals surface area contributed by atoms with E-state index >= 15 is 0 Å². The Morgan fingerprint density at radius 3 is 2.30 bits per heavy atom.